The van der Waals surface area contributed by atoms with Crippen molar-refractivity contribution < 1.29 is 14.7 Å². The number of rotatable bonds is 7. The minimum absolute atomic E-state index is 0.00178. The summed E-state index contributed by atoms with van der Waals surface area (Å²) in [5.41, 5.74) is 0. The van der Waals surface area contributed by atoms with Gasteiger partial charge in [-0.3, -0.25) is 9.59 Å². The predicted molar refractivity (Wildman–Crippen MR) is 63.1 cm³/mol. The van der Waals surface area contributed by atoms with E-state index in [1.807, 2.05) is 27.7 Å². The Balaban J connectivity index is 3.82. The van der Waals surface area contributed by atoms with Crippen LogP contribution in [0.2, 0.25) is 0 Å². The van der Waals surface area contributed by atoms with E-state index in [0.29, 0.717) is 18.8 Å². The number of hydrogen-bond acceptors (Lipinski definition) is 2. The molecule has 94 valence electrons. The smallest absolute Gasteiger partial charge is 0.303 e. The second kappa shape index (κ2) is 7.25. The molecule has 0 aliphatic heterocycles. The molecule has 0 saturated heterocycles. The summed E-state index contributed by atoms with van der Waals surface area (Å²) in [5.74, 6) is -0.403. The van der Waals surface area contributed by atoms with Gasteiger partial charge in [0.1, 0.15) is 0 Å². The number of carbonyl (C=O) groups excluding carboxylic acids is 1. The van der Waals surface area contributed by atoms with E-state index in [9.17, 15) is 9.59 Å². The fraction of sp³-hybridized carbons (Fsp3) is 0.833. The van der Waals surface area contributed by atoms with E-state index in [-0.39, 0.29) is 24.3 Å². The molecular formula is C12H23NO3. The Morgan fingerprint density at radius 2 is 1.75 bits per heavy atom. The summed E-state index contributed by atoms with van der Waals surface area (Å²) in [5, 5.41) is 11.4. The molecule has 0 bridgehead atoms. The molecule has 0 saturated carbocycles. The monoisotopic (exact) mass is 229 g/mol. The molecule has 0 aliphatic rings. The topological polar surface area (TPSA) is 66.4 Å². The number of amides is 1. The van der Waals surface area contributed by atoms with Gasteiger partial charge in [-0.15, -0.1) is 0 Å². The highest BCUT2D eigenvalue weighted by molar-refractivity contribution is 5.78. The lowest BCUT2D eigenvalue weighted by atomic mass is 9.97. The highest BCUT2D eigenvalue weighted by atomic mass is 16.4. The SMILES string of the molecule is CC(CCCC(=O)O)NC(=O)C(C)C(C)C. The van der Waals surface area contributed by atoms with Crippen LogP contribution in [0, 0.1) is 11.8 Å². The van der Waals surface area contributed by atoms with Gasteiger partial charge in [-0.05, 0) is 25.7 Å². The maximum atomic E-state index is 11.7. The fourth-order valence-corrected chi connectivity index (χ4v) is 1.31. The van der Waals surface area contributed by atoms with Crippen LogP contribution in [0.15, 0.2) is 0 Å². The van der Waals surface area contributed by atoms with E-state index in [0.717, 1.165) is 0 Å². The van der Waals surface area contributed by atoms with Gasteiger partial charge in [-0.1, -0.05) is 20.8 Å². The summed E-state index contributed by atoms with van der Waals surface area (Å²) in [6, 6.07) is 0.0491. The van der Waals surface area contributed by atoms with Crippen LogP contribution in [0.3, 0.4) is 0 Å². The Labute approximate surface area is 97.4 Å². The van der Waals surface area contributed by atoms with E-state index in [1.165, 1.54) is 0 Å². The minimum atomic E-state index is -0.783. The molecule has 2 N–H and O–H groups in total. The lowest BCUT2D eigenvalue weighted by molar-refractivity contribution is -0.137. The molecule has 0 aromatic carbocycles. The highest BCUT2D eigenvalue weighted by Gasteiger charge is 2.18. The van der Waals surface area contributed by atoms with Crippen molar-refractivity contribution in [2.45, 2.75) is 53.0 Å². The third kappa shape index (κ3) is 6.43. The van der Waals surface area contributed by atoms with Crippen molar-refractivity contribution >= 4 is 11.9 Å². The Bertz CT molecular complexity index is 238. The van der Waals surface area contributed by atoms with E-state index in [2.05, 4.69) is 5.32 Å². The van der Waals surface area contributed by atoms with Gasteiger partial charge in [0.2, 0.25) is 5.91 Å². The summed E-state index contributed by atoms with van der Waals surface area (Å²) in [7, 11) is 0. The third-order valence-corrected chi connectivity index (χ3v) is 2.83. The van der Waals surface area contributed by atoms with E-state index >= 15 is 0 Å². The summed E-state index contributed by atoms with van der Waals surface area (Å²) >= 11 is 0. The van der Waals surface area contributed by atoms with Crippen molar-refractivity contribution in [3.8, 4) is 0 Å². The van der Waals surface area contributed by atoms with Gasteiger partial charge in [0.05, 0.1) is 0 Å². The van der Waals surface area contributed by atoms with Gasteiger partial charge >= 0.3 is 5.97 Å². The zero-order valence-corrected chi connectivity index (χ0v) is 10.6. The first kappa shape index (κ1) is 14.9. The zero-order chi connectivity index (χ0) is 12.7. The minimum Gasteiger partial charge on any atom is -0.481 e. The normalized spacial score (nSPS) is 14.6. The van der Waals surface area contributed by atoms with Gasteiger partial charge in [-0.25, -0.2) is 0 Å². The van der Waals surface area contributed by atoms with E-state index < -0.39 is 5.97 Å². The van der Waals surface area contributed by atoms with Crippen LogP contribution in [0.4, 0.5) is 0 Å². The van der Waals surface area contributed by atoms with Crippen molar-refractivity contribution in [1.82, 2.24) is 5.32 Å². The summed E-state index contributed by atoms with van der Waals surface area (Å²) in [4.78, 5) is 22.0. The maximum Gasteiger partial charge on any atom is 0.303 e. The molecule has 2 unspecified atom stereocenters. The Kier molecular flexibility index (Phi) is 6.77. The third-order valence-electron chi connectivity index (χ3n) is 2.83. The van der Waals surface area contributed by atoms with Crippen LogP contribution in [0.25, 0.3) is 0 Å². The van der Waals surface area contributed by atoms with Gasteiger partial charge in [0.25, 0.3) is 0 Å². The average molecular weight is 229 g/mol. The van der Waals surface area contributed by atoms with E-state index in [1.54, 1.807) is 0 Å². The number of carbonyl (C=O) groups is 2. The molecule has 0 rings (SSSR count). The second-order valence-electron chi connectivity index (χ2n) is 4.73. The van der Waals surface area contributed by atoms with Crippen LogP contribution in [0.5, 0.6) is 0 Å². The fourth-order valence-electron chi connectivity index (χ4n) is 1.31. The summed E-state index contributed by atoms with van der Waals surface area (Å²) in [6.07, 6.45) is 1.48. The van der Waals surface area contributed by atoms with Crippen LogP contribution in [-0.4, -0.2) is 23.0 Å². The number of aliphatic carboxylic acids is 1. The van der Waals surface area contributed by atoms with Crippen LogP contribution in [-0.2, 0) is 9.59 Å². The molecule has 0 radical (unpaired) electrons. The molecule has 2 atom stereocenters. The molecule has 0 aliphatic carbocycles. The maximum absolute atomic E-state index is 11.7. The first-order chi connectivity index (χ1) is 7.34. The Morgan fingerprint density at radius 3 is 2.19 bits per heavy atom. The quantitative estimate of drug-likeness (QED) is 0.702. The Morgan fingerprint density at radius 1 is 1.19 bits per heavy atom. The van der Waals surface area contributed by atoms with Crippen molar-refractivity contribution in [3.63, 3.8) is 0 Å². The molecule has 0 heterocycles. The molecule has 0 fully saturated rings. The first-order valence-electron chi connectivity index (χ1n) is 5.86. The summed E-state index contributed by atoms with van der Waals surface area (Å²) < 4.78 is 0. The molecule has 0 spiro atoms. The van der Waals surface area contributed by atoms with Crippen molar-refractivity contribution in [2.24, 2.45) is 11.8 Å². The largest absolute Gasteiger partial charge is 0.481 e. The predicted octanol–water partition coefficient (Wildman–Crippen LogP) is 2.04. The van der Waals surface area contributed by atoms with Crippen molar-refractivity contribution in [1.29, 1.82) is 0 Å². The standard InChI is InChI=1S/C12H23NO3/c1-8(2)10(4)12(16)13-9(3)6-5-7-11(14)15/h8-10H,5-7H2,1-4H3,(H,13,16)(H,14,15). The Hall–Kier alpha value is -1.06. The highest BCUT2D eigenvalue weighted by Crippen LogP contribution is 2.10. The van der Waals surface area contributed by atoms with Gasteiger partial charge < -0.3 is 10.4 Å². The number of carboxylic acids is 1. The molecule has 1 amide bonds. The summed E-state index contributed by atoms with van der Waals surface area (Å²) in [6.45, 7) is 7.84. The average Bonchev–Trinajstić information content (AvgIpc) is 2.15. The van der Waals surface area contributed by atoms with Crippen molar-refractivity contribution in [2.75, 3.05) is 0 Å². The second-order valence-corrected chi connectivity index (χ2v) is 4.73. The number of hydrogen-bond donors (Lipinski definition) is 2. The van der Waals surface area contributed by atoms with Crippen molar-refractivity contribution in [3.05, 3.63) is 0 Å². The molecule has 4 nitrogen and oxygen atoms in total. The number of nitrogens with one attached hydrogen (secondary N) is 1. The van der Waals surface area contributed by atoms with Crippen LogP contribution >= 0.6 is 0 Å². The van der Waals surface area contributed by atoms with Gasteiger partial charge in [-0.2, -0.15) is 0 Å². The lowest BCUT2D eigenvalue weighted by Gasteiger charge is -2.19. The molecule has 0 aromatic heterocycles. The molecule has 4 heteroatoms. The zero-order valence-electron chi connectivity index (χ0n) is 10.6. The van der Waals surface area contributed by atoms with Gasteiger partial charge in [0, 0.05) is 18.4 Å². The molecular weight excluding hydrogens is 206 g/mol. The molecule has 0 aromatic rings. The molecule has 16 heavy (non-hydrogen) atoms. The van der Waals surface area contributed by atoms with Gasteiger partial charge in [0.15, 0.2) is 0 Å². The van der Waals surface area contributed by atoms with Crippen LogP contribution < -0.4 is 5.32 Å². The number of carboxylic acid groups (broad SMARTS) is 1. The lowest BCUT2D eigenvalue weighted by Crippen LogP contribution is -2.38. The first-order valence-corrected chi connectivity index (χ1v) is 5.86. The van der Waals surface area contributed by atoms with E-state index in [4.69, 9.17) is 5.11 Å². The van der Waals surface area contributed by atoms with Crippen LogP contribution in [0.1, 0.15) is 47.0 Å².